The molecule has 21 heavy (non-hydrogen) atoms. The van der Waals surface area contributed by atoms with E-state index in [9.17, 15) is 4.39 Å². The van der Waals surface area contributed by atoms with Crippen LogP contribution < -0.4 is 15.4 Å². The van der Waals surface area contributed by atoms with Gasteiger partial charge in [-0.2, -0.15) is 0 Å². The molecule has 2 rings (SSSR count). The molecule has 0 bridgehead atoms. The van der Waals surface area contributed by atoms with Crippen LogP contribution in [0.4, 0.5) is 15.8 Å². The fourth-order valence-electron chi connectivity index (χ4n) is 2.98. The van der Waals surface area contributed by atoms with Crippen molar-refractivity contribution in [3.8, 4) is 5.75 Å². The molecule has 0 radical (unpaired) electrons. The van der Waals surface area contributed by atoms with E-state index in [0.29, 0.717) is 11.4 Å². The molecule has 0 unspecified atom stereocenters. The van der Waals surface area contributed by atoms with Crippen molar-refractivity contribution in [3.05, 3.63) is 17.9 Å². The summed E-state index contributed by atoms with van der Waals surface area (Å²) in [4.78, 5) is 2.25. The smallest absolute Gasteiger partial charge is 0.167 e. The predicted octanol–water partition coefficient (Wildman–Crippen LogP) is 4.07. The largest absolute Gasteiger partial charge is 0.488 e. The number of nitrogens with two attached hydrogens (primary N) is 1. The van der Waals surface area contributed by atoms with Gasteiger partial charge in [0.05, 0.1) is 17.5 Å². The van der Waals surface area contributed by atoms with E-state index in [1.54, 1.807) is 6.07 Å². The standard InChI is InChI=1S/C17H27FN2O/c1-11(2)13-5-7-20(8-6-13)16-10-17(21-12(3)4)14(18)9-15(16)19/h9-13H,5-8,19H2,1-4H3. The number of halogens is 1. The molecule has 0 amide bonds. The lowest BCUT2D eigenvalue weighted by molar-refractivity contribution is 0.231. The number of rotatable bonds is 4. The third-order valence-corrected chi connectivity index (χ3v) is 4.27. The van der Waals surface area contributed by atoms with E-state index in [-0.39, 0.29) is 11.9 Å². The maximum Gasteiger partial charge on any atom is 0.167 e. The van der Waals surface area contributed by atoms with Crippen LogP contribution >= 0.6 is 0 Å². The Bertz CT molecular complexity index is 480. The molecule has 1 aromatic rings. The number of hydrogen-bond acceptors (Lipinski definition) is 3. The molecular formula is C17H27FN2O. The van der Waals surface area contributed by atoms with Crippen LogP contribution in [-0.2, 0) is 0 Å². The van der Waals surface area contributed by atoms with Gasteiger partial charge in [0.25, 0.3) is 0 Å². The van der Waals surface area contributed by atoms with E-state index in [4.69, 9.17) is 10.5 Å². The summed E-state index contributed by atoms with van der Waals surface area (Å²) >= 11 is 0. The van der Waals surface area contributed by atoms with Crippen LogP contribution in [0.1, 0.15) is 40.5 Å². The van der Waals surface area contributed by atoms with Gasteiger partial charge in [-0.15, -0.1) is 0 Å². The van der Waals surface area contributed by atoms with Crippen LogP contribution in [0.25, 0.3) is 0 Å². The van der Waals surface area contributed by atoms with Crippen molar-refractivity contribution >= 4 is 11.4 Å². The van der Waals surface area contributed by atoms with Gasteiger partial charge in [0.1, 0.15) is 0 Å². The van der Waals surface area contributed by atoms with Crippen LogP contribution in [0.15, 0.2) is 12.1 Å². The summed E-state index contributed by atoms with van der Waals surface area (Å²) in [6, 6.07) is 3.13. The van der Waals surface area contributed by atoms with Crippen molar-refractivity contribution in [3.63, 3.8) is 0 Å². The summed E-state index contributed by atoms with van der Waals surface area (Å²) in [5, 5.41) is 0. The SMILES string of the molecule is CC(C)Oc1cc(N2CCC(C(C)C)CC2)c(N)cc1F. The normalized spacial score (nSPS) is 16.8. The van der Waals surface area contributed by atoms with E-state index in [1.807, 2.05) is 13.8 Å². The number of benzene rings is 1. The molecule has 1 heterocycles. The van der Waals surface area contributed by atoms with Gasteiger partial charge in [-0.05, 0) is 38.5 Å². The molecule has 3 nitrogen and oxygen atoms in total. The first-order chi connectivity index (χ1) is 9.88. The third-order valence-electron chi connectivity index (χ3n) is 4.27. The molecule has 1 aliphatic heterocycles. The molecule has 1 fully saturated rings. The molecule has 1 saturated heterocycles. The topological polar surface area (TPSA) is 38.5 Å². The monoisotopic (exact) mass is 294 g/mol. The number of hydrogen-bond donors (Lipinski definition) is 1. The zero-order valence-corrected chi connectivity index (χ0v) is 13.5. The molecular weight excluding hydrogens is 267 g/mol. The second kappa shape index (κ2) is 6.54. The molecule has 2 N–H and O–H groups in total. The highest BCUT2D eigenvalue weighted by molar-refractivity contribution is 5.70. The lowest BCUT2D eigenvalue weighted by Gasteiger charge is -2.36. The van der Waals surface area contributed by atoms with Gasteiger partial charge in [0.15, 0.2) is 11.6 Å². The highest BCUT2D eigenvalue weighted by Crippen LogP contribution is 2.35. The fourth-order valence-corrected chi connectivity index (χ4v) is 2.98. The Morgan fingerprint density at radius 1 is 1.19 bits per heavy atom. The zero-order chi connectivity index (χ0) is 15.6. The van der Waals surface area contributed by atoms with Crippen molar-refractivity contribution < 1.29 is 9.13 Å². The first-order valence-corrected chi connectivity index (χ1v) is 7.89. The lowest BCUT2D eigenvalue weighted by atomic mass is 9.86. The van der Waals surface area contributed by atoms with Crippen LogP contribution in [0.3, 0.4) is 0 Å². The van der Waals surface area contributed by atoms with Crippen molar-refractivity contribution in [2.75, 3.05) is 23.7 Å². The Morgan fingerprint density at radius 2 is 1.81 bits per heavy atom. The van der Waals surface area contributed by atoms with Crippen molar-refractivity contribution in [1.82, 2.24) is 0 Å². The van der Waals surface area contributed by atoms with Gasteiger partial charge in [-0.25, -0.2) is 4.39 Å². The highest BCUT2D eigenvalue weighted by Gasteiger charge is 2.23. The minimum Gasteiger partial charge on any atom is -0.488 e. The zero-order valence-electron chi connectivity index (χ0n) is 13.5. The molecule has 1 aromatic carbocycles. The Labute approximate surface area is 127 Å². The number of piperidine rings is 1. The molecule has 0 saturated carbocycles. The predicted molar refractivity (Wildman–Crippen MR) is 86.4 cm³/mol. The molecule has 0 spiro atoms. The molecule has 4 heteroatoms. The van der Waals surface area contributed by atoms with Gasteiger partial charge >= 0.3 is 0 Å². The maximum absolute atomic E-state index is 13.9. The van der Waals surface area contributed by atoms with Crippen LogP contribution in [0, 0.1) is 17.7 Å². The van der Waals surface area contributed by atoms with Crippen LogP contribution in [-0.4, -0.2) is 19.2 Å². The summed E-state index contributed by atoms with van der Waals surface area (Å²) in [5.74, 6) is 1.40. The third kappa shape index (κ3) is 3.80. The molecule has 118 valence electrons. The van der Waals surface area contributed by atoms with Crippen molar-refractivity contribution in [2.24, 2.45) is 11.8 Å². The first kappa shape index (κ1) is 15.9. The number of nitrogens with zero attached hydrogens (tertiary/aromatic N) is 1. The summed E-state index contributed by atoms with van der Waals surface area (Å²) in [7, 11) is 0. The summed E-state index contributed by atoms with van der Waals surface area (Å²) < 4.78 is 19.4. The van der Waals surface area contributed by atoms with Gasteiger partial charge in [-0.3, -0.25) is 0 Å². The van der Waals surface area contributed by atoms with Gasteiger partial charge in [0, 0.05) is 25.2 Å². The average Bonchev–Trinajstić information content (AvgIpc) is 2.41. The second-order valence-corrected chi connectivity index (χ2v) is 6.58. The number of anilines is 2. The number of nitrogen functional groups attached to an aromatic ring is 1. The average molecular weight is 294 g/mol. The number of ether oxygens (including phenoxy) is 1. The van der Waals surface area contributed by atoms with E-state index < -0.39 is 0 Å². The summed E-state index contributed by atoms with van der Waals surface area (Å²) in [6.07, 6.45) is 2.27. The fraction of sp³-hybridized carbons (Fsp3) is 0.647. The molecule has 0 atom stereocenters. The second-order valence-electron chi connectivity index (χ2n) is 6.58. The van der Waals surface area contributed by atoms with Gasteiger partial charge in [-0.1, -0.05) is 13.8 Å². The first-order valence-electron chi connectivity index (χ1n) is 7.89. The van der Waals surface area contributed by atoms with E-state index >= 15 is 0 Å². The van der Waals surface area contributed by atoms with Crippen molar-refractivity contribution in [2.45, 2.75) is 46.6 Å². The van der Waals surface area contributed by atoms with Crippen LogP contribution in [0.2, 0.25) is 0 Å². The van der Waals surface area contributed by atoms with Crippen molar-refractivity contribution in [1.29, 1.82) is 0 Å². The molecule has 0 aliphatic carbocycles. The Kier molecular flexibility index (Phi) is 4.96. The highest BCUT2D eigenvalue weighted by atomic mass is 19.1. The Hall–Kier alpha value is -1.45. The minimum absolute atomic E-state index is 0.0531. The lowest BCUT2D eigenvalue weighted by Crippen LogP contribution is -2.35. The summed E-state index contributed by atoms with van der Waals surface area (Å²) in [6.45, 7) is 10.3. The summed E-state index contributed by atoms with van der Waals surface area (Å²) in [5.41, 5.74) is 7.40. The van der Waals surface area contributed by atoms with E-state index in [0.717, 1.165) is 43.5 Å². The van der Waals surface area contributed by atoms with E-state index in [1.165, 1.54) is 6.07 Å². The van der Waals surface area contributed by atoms with E-state index in [2.05, 4.69) is 18.7 Å². The Morgan fingerprint density at radius 3 is 2.33 bits per heavy atom. The van der Waals surface area contributed by atoms with Gasteiger partial charge in [0.2, 0.25) is 0 Å². The quantitative estimate of drug-likeness (QED) is 0.851. The maximum atomic E-state index is 13.9. The molecule has 1 aliphatic rings. The van der Waals surface area contributed by atoms with Crippen LogP contribution in [0.5, 0.6) is 5.75 Å². The Balaban J connectivity index is 2.16. The van der Waals surface area contributed by atoms with Gasteiger partial charge < -0.3 is 15.4 Å². The minimum atomic E-state index is -0.387. The molecule has 0 aromatic heterocycles.